The maximum atomic E-state index is 13.8. The van der Waals surface area contributed by atoms with Crippen molar-refractivity contribution >= 4 is 34.7 Å². The van der Waals surface area contributed by atoms with Gasteiger partial charge in [-0.2, -0.15) is 13.2 Å². The molecule has 37 heavy (non-hydrogen) atoms. The van der Waals surface area contributed by atoms with Crippen molar-refractivity contribution in [2.45, 2.75) is 31.5 Å². The number of anilines is 1. The first kappa shape index (κ1) is 24.6. The number of urea groups is 1. The topological polar surface area (TPSA) is 102 Å². The predicted molar refractivity (Wildman–Crippen MR) is 124 cm³/mol. The predicted octanol–water partition coefficient (Wildman–Crippen LogP) is 3.79. The number of halogens is 3. The highest BCUT2D eigenvalue weighted by atomic mass is 19.4. The maximum absolute atomic E-state index is 13.8. The normalized spacial score (nSPS) is 20.4. The van der Waals surface area contributed by atoms with Crippen LogP contribution >= 0.6 is 0 Å². The molecule has 2 heterocycles. The molecule has 2 atom stereocenters. The van der Waals surface area contributed by atoms with E-state index < -0.39 is 47.4 Å². The van der Waals surface area contributed by atoms with Crippen LogP contribution in [0.4, 0.5) is 23.7 Å². The van der Waals surface area contributed by atoms with Gasteiger partial charge < -0.3 is 9.15 Å². The van der Waals surface area contributed by atoms with Crippen LogP contribution in [-0.2, 0) is 34.0 Å². The van der Waals surface area contributed by atoms with Crippen molar-refractivity contribution < 1.29 is 36.7 Å². The SMILES string of the molecule is COC(=O)C1CN(c2ccc3c(c2)oc(=O)n3C)C(=O)N([C@@H]2CCCc3c2cccc3C(F)(F)F)C1=O. The molecule has 1 unspecified atom stereocenters. The maximum Gasteiger partial charge on any atom is 0.419 e. The number of carbonyl (C=O) groups excluding carboxylic acids is 3. The summed E-state index contributed by atoms with van der Waals surface area (Å²) in [6.07, 6.45) is -3.91. The second-order valence-electron chi connectivity index (χ2n) is 9.04. The first-order chi connectivity index (χ1) is 17.5. The molecule has 1 aliphatic heterocycles. The fourth-order valence-electron chi connectivity index (χ4n) is 5.20. The number of amides is 3. The number of esters is 1. The molecule has 1 aliphatic carbocycles. The highest BCUT2D eigenvalue weighted by Gasteiger charge is 2.48. The lowest BCUT2D eigenvalue weighted by atomic mass is 9.83. The zero-order chi connectivity index (χ0) is 26.6. The molecular formula is C25H22F3N3O6. The smallest absolute Gasteiger partial charge is 0.419 e. The molecule has 9 nitrogen and oxygen atoms in total. The van der Waals surface area contributed by atoms with Crippen molar-refractivity contribution in [1.82, 2.24) is 9.47 Å². The summed E-state index contributed by atoms with van der Waals surface area (Å²) in [5, 5.41) is 0. The number of methoxy groups -OCH3 is 1. The molecule has 0 N–H and O–H groups in total. The lowest BCUT2D eigenvalue weighted by Gasteiger charge is -2.43. The molecule has 0 spiro atoms. The number of aromatic nitrogens is 1. The largest absolute Gasteiger partial charge is 0.468 e. The van der Waals surface area contributed by atoms with E-state index >= 15 is 0 Å². The monoisotopic (exact) mass is 517 g/mol. The number of fused-ring (bicyclic) bond motifs is 2. The Kier molecular flexibility index (Phi) is 5.84. The number of ether oxygens (including phenoxy) is 1. The van der Waals surface area contributed by atoms with Gasteiger partial charge in [-0.1, -0.05) is 12.1 Å². The Balaban J connectivity index is 1.61. The molecule has 5 rings (SSSR count). The molecule has 1 saturated heterocycles. The van der Waals surface area contributed by atoms with Crippen LogP contribution in [0.3, 0.4) is 0 Å². The molecule has 1 aromatic heterocycles. The Labute approximate surface area is 208 Å². The van der Waals surface area contributed by atoms with Crippen LogP contribution in [-0.4, -0.2) is 41.0 Å². The summed E-state index contributed by atoms with van der Waals surface area (Å²) in [6, 6.07) is 6.44. The number of aryl methyl sites for hydroxylation is 1. The van der Waals surface area contributed by atoms with Crippen molar-refractivity contribution in [2.24, 2.45) is 13.0 Å². The lowest BCUT2D eigenvalue weighted by Crippen LogP contribution is -2.60. The molecule has 194 valence electrons. The fourth-order valence-corrected chi connectivity index (χ4v) is 5.20. The minimum absolute atomic E-state index is 0.0334. The number of benzene rings is 2. The van der Waals surface area contributed by atoms with Crippen molar-refractivity contribution in [3.05, 3.63) is 63.6 Å². The Morgan fingerprint density at radius 3 is 2.59 bits per heavy atom. The quantitative estimate of drug-likeness (QED) is 0.387. The number of rotatable bonds is 3. The van der Waals surface area contributed by atoms with Crippen LogP contribution < -0.4 is 10.7 Å². The number of imide groups is 1. The number of oxazole rings is 1. The average Bonchev–Trinajstić information content (AvgIpc) is 3.15. The third-order valence-corrected chi connectivity index (χ3v) is 7.00. The lowest BCUT2D eigenvalue weighted by molar-refractivity contribution is -0.153. The Hall–Kier alpha value is -4.09. The van der Waals surface area contributed by atoms with Gasteiger partial charge >= 0.3 is 23.9 Å². The highest BCUT2D eigenvalue weighted by molar-refractivity contribution is 6.13. The van der Waals surface area contributed by atoms with E-state index in [1.807, 2.05) is 0 Å². The summed E-state index contributed by atoms with van der Waals surface area (Å²) in [5.74, 6) is -3.71. The zero-order valence-corrected chi connectivity index (χ0v) is 19.9. The van der Waals surface area contributed by atoms with Crippen molar-refractivity contribution in [1.29, 1.82) is 0 Å². The molecule has 0 radical (unpaired) electrons. The van der Waals surface area contributed by atoms with Crippen molar-refractivity contribution in [3.8, 4) is 0 Å². The van der Waals surface area contributed by atoms with Gasteiger partial charge in [0.05, 0.1) is 30.8 Å². The van der Waals surface area contributed by atoms with Gasteiger partial charge in [-0.15, -0.1) is 0 Å². The molecule has 0 bridgehead atoms. The first-order valence-corrected chi connectivity index (χ1v) is 11.5. The van der Waals surface area contributed by atoms with Crippen LogP contribution in [0.5, 0.6) is 0 Å². The number of carbonyl (C=O) groups is 3. The van der Waals surface area contributed by atoms with Crippen molar-refractivity contribution in [3.63, 3.8) is 0 Å². The van der Waals surface area contributed by atoms with Crippen LogP contribution in [0.25, 0.3) is 11.1 Å². The van der Waals surface area contributed by atoms with E-state index in [2.05, 4.69) is 0 Å². The van der Waals surface area contributed by atoms with Crippen LogP contribution in [0.2, 0.25) is 0 Å². The van der Waals surface area contributed by atoms with Crippen LogP contribution in [0, 0.1) is 5.92 Å². The second-order valence-corrected chi connectivity index (χ2v) is 9.04. The second kappa shape index (κ2) is 8.79. The molecule has 3 amide bonds. The molecule has 1 fully saturated rings. The first-order valence-electron chi connectivity index (χ1n) is 11.5. The van der Waals surface area contributed by atoms with E-state index in [4.69, 9.17) is 9.15 Å². The summed E-state index contributed by atoms with van der Waals surface area (Å²) >= 11 is 0. The minimum atomic E-state index is -4.60. The Morgan fingerprint density at radius 2 is 1.89 bits per heavy atom. The Bertz CT molecular complexity index is 1490. The molecule has 3 aromatic rings. The fraction of sp³-hybridized carbons (Fsp3) is 0.360. The summed E-state index contributed by atoms with van der Waals surface area (Å²) in [7, 11) is 2.63. The third kappa shape index (κ3) is 3.96. The van der Waals surface area contributed by atoms with E-state index in [9.17, 15) is 32.3 Å². The highest BCUT2D eigenvalue weighted by Crippen LogP contribution is 2.43. The van der Waals surface area contributed by atoms with E-state index in [0.29, 0.717) is 11.9 Å². The van der Waals surface area contributed by atoms with Gasteiger partial charge in [0.1, 0.15) is 0 Å². The van der Waals surface area contributed by atoms with Gasteiger partial charge in [-0.05, 0) is 48.6 Å². The van der Waals surface area contributed by atoms with E-state index in [0.717, 1.165) is 18.1 Å². The van der Waals surface area contributed by atoms with E-state index in [1.54, 1.807) is 6.07 Å². The molecule has 2 aliphatic rings. The molecule has 2 aromatic carbocycles. The van der Waals surface area contributed by atoms with Crippen LogP contribution in [0.1, 0.15) is 35.6 Å². The average molecular weight is 517 g/mol. The number of alkyl halides is 3. The number of hydrogen-bond acceptors (Lipinski definition) is 6. The van der Waals surface area contributed by atoms with E-state index in [-0.39, 0.29) is 41.8 Å². The van der Waals surface area contributed by atoms with Gasteiger partial charge in [0.25, 0.3) is 0 Å². The van der Waals surface area contributed by atoms with Crippen molar-refractivity contribution in [2.75, 3.05) is 18.6 Å². The summed E-state index contributed by atoms with van der Waals surface area (Å²) in [4.78, 5) is 53.7. The number of nitrogens with zero attached hydrogens (tertiary/aromatic N) is 3. The van der Waals surface area contributed by atoms with Gasteiger partial charge in [-0.3, -0.25) is 24.0 Å². The van der Waals surface area contributed by atoms with Gasteiger partial charge in [0.15, 0.2) is 11.5 Å². The van der Waals surface area contributed by atoms with Crippen LogP contribution in [0.15, 0.2) is 45.6 Å². The van der Waals surface area contributed by atoms with E-state index in [1.165, 1.54) is 40.8 Å². The van der Waals surface area contributed by atoms with Gasteiger partial charge in [-0.25, -0.2) is 9.59 Å². The van der Waals surface area contributed by atoms with Gasteiger partial charge in [0.2, 0.25) is 5.91 Å². The minimum Gasteiger partial charge on any atom is -0.468 e. The zero-order valence-electron chi connectivity index (χ0n) is 19.9. The summed E-state index contributed by atoms with van der Waals surface area (Å²) in [5.41, 5.74) is 0.352. The summed E-state index contributed by atoms with van der Waals surface area (Å²) in [6.45, 7) is -0.342. The molecular weight excluding hydrogens is 495 g/mol. The summed E-state index contributed by atoms with van der Waals surface area (Å²) < 4.78 is 52.4. The number of hydrogen-bond donors (Lipinski definition) is 0. The van der Waals surface area contributed by atoms with Gasteiger partial charge in [0, 0.05) is 18.8 Å². The Morgan fingerprint density at radius 1 is 1.14 bits per heavy atom. The molecule has 12 heteroatoms. The third-order valence-electron chi connectivity index (χ3n) is 7.00. The molecule has 0 saturated carbocycles. The standard InChI is InChI=1S/C25H22F3N3O6/c1-29-19-10-9-13(11-20(19)37-24(29)35)30-12-16(22(33)36-2)21(32)31(23(30)34)18-8-4-5-14-15(18)6-3-7-17(14)25(26,27)28/h3,6-7,9-11,16,18H,4-5,8,12H2,1-2H3/t16?,18-/m1/s1.